The van der Waals surface area contributed by atoms with Crippen LogP contribution in [0, 0.1) is 17.8 Å². The molecule has 0 aromatic carbocycles. The Kier molecular flexibility index (Phi) is 4.00. The van der Waals surface area contributed by atoms with Gasteiger partial charge in [0.05, 0.1) is 5.92 Å². The van der Waals surface area contributed by atoms with Gasteiger partial charge in [0.15, 0.2) is 0 Å². The summed E-state index contributed by atoms with van der Waals surface area (Å²) in [5, 5.41) is 9.42. The van der Waals surface area contributed by atoms with Crippen LogP contribution in [0.3, 0.4) is 0 Å². The standard InChI is InChI=1S/C14H24N2O4S/c1-9-4-2-3-7-16(9)21(19,20)15-13-11-6-5-10(8-11)12(13)14(17)18/h9-13,15H,2-8H2,1H3,(H,17,18). The minimum absolute atomic E-state index is 0.00174. The fourth-order valence-electron chi connectivity index (χ4n) is 4.48. The van der Waals surface area contributed by atoms with Gasteiger partial charge in [-0.3, -0.25) is 4.79 Å². The molecule has 0 amide bonds. The van der Waals surface area contributed by atoms with Crippen molar-refractivity contribution < 1.29 is 18.3 Å². The number of carboxylic acid groups (broad SMARTS) is 1. The molecule has 120 valence electrons. The van der Waals surface area contributed by atoms with Crippen molar-refractivity contribution in [2.75, 3.05) is 6.54 Å². The number of fused-ring (bicyclic) bond motifs is 2. The molecule has 3 rings (SSSR count). The summed E-state index contributed by atoms with van der Waals surface area (Å²) in [7, 11) is -3.58. The van der Waals surface area contributed by atoms with Gasteiger partial charge in [-0.05, 0) is 50.9 Å². The molecule has 5 unspecified atom stereocenters. The third-order valence-corrected chi connectivity index (χ3v) is 7.27. The van der Waals surface area contributed by atoms with Gasteiger partial charge < -0.3 is 5.11 Å². The van der Waals surface area contributed by atoms with Gasteiger partial charge in [-0.1, -0.05) is 6.42 Å². The summed E-state index contributed by atoms with van der Waals surface area (Å²) in [5.74, 6) is -1.09. The van der Waals surface area contributed by atoms with Gasteiger partial charge >= 0.3 is 5.97 Å². The smallest absolute Gasteiger partial charge is 0.308 e. The maximum atomic E-state index is 12.6. The summed E-state index contributed by atoms with van der Waals surface area (Å²) in [6.07, 6.45) is 5.51. The topological polar surface area (TPSA) is 86.7 Å². The molecule has 1 aliphatic heterocycles. The normalized spacial score (nSPS) is 40.5. The predicted molar refractivity (Wildman–Crippen MR) is 77.8 cm³/mol. The predicted octanol–water partition coefficient (Wildman–Crippen LogP) is 1.19. The van der Waals surface area contributed by atoms with Gasteiger partial charge in [-0.2, -0.15) is 17.4 Å². The average molecular weight is 316 g/mol. The number of nitrogens with one attached hydrogen (secondary N) is 1. The number of hydrogen-bond donors (Lipinski definition) is 2. The Bertz CT molecular complexity index is 521. The summed E-state index contributed by atoms with van der Waals surface area (Å²) in [6, 6.07) is -0.432. The lowest BCUT2D eigenvalue weighted by Crippen LogP contribution is -2.54. The number of nitrogens with zero attached hydrogens (tertiary/aromatic N) is 1. The van der Waals surface area contributed by atoms with Crippen LogP contribution in [0.2, 0.25) is 0 Å². The lowest BCUT2D eigenvalue weighted by Gasteiger charge is -2.35. The van der Waals surface area contributed by atoms with Gasteiger partial charge in [0.1, 0.15) is 0 Å². The highest BCUT2D eigenvalue weighted by molar-refractivity contribution is 7.87. The fourth-order valence-corrected chi connectivity index (χ4v) is 6.25. The van der Waals surface area contributed by atoms with Crippen molar-refractivity contribution in [1.82, 2.24) is 9.03 Å². The molecule has 5 atom stereocenters. The molecule has 0 aromatic heterocycles. The zero-order chi connectivity index (χ0) is 15.2. The number of carbonyl (C=O) groups is 1. The Balaban J connectivity index is 1.77. The van der Waals surface area contributed by atoms with Crippen molar-refractivity contribution in [3.8, 4) is 0 Å². The van der Waals surface area contributed by atoms with Crippen molar-refractivity contribution in [3.63, 3.8) is 0 Å². The molecule has 2 N–H and O–H groups in total. The quantitative estimate of drug-likeness (QED) is 0.816. The van der Waals surface area contributed by atoms with E-state index in [0.717, 1.165) is 38.5 Å². The molecular formula is C14H24N2O4S. The van der Waals surface area contributed by atoms with Gasteiger partial charge in [0.25, 0.3) is 10.2 Å². The van der Waals surface area contributed by atoms with Crippen LogP contribution in [-0.2, 0) is 15.0 Å². The van der Waals surface area contributed by atoms with Gasteiger partial charge in [-0.25, -0.2) is 0 Å². The minimum Gasteiger partial charge on any atom is -0.481 e. The van der Waals surface area contributed by atoms with Crippen LogP contribution in [0.4, 0.5) is 0 Å². The average Bonchev–Trinajstić information content (AvgIpc) is 2.99. The van der Waals surface area contributed by atoms with Gasteiger partial charge in [0.2, 0.25) is 0 Å². The van der Waals surface area contributed by atoms with Crippen LogP contribution >= 0.6 is 0 Å². The van der Waals surface area contributed by atoms with E-state index in [-0.39, 0.29) is 17.9 Å². The number of rotatable bonds is 4. The Morgan fingerprint density at radius 1 is 1.19 bits per heavy atom. The van der Waals surface area contributed by atoms with E-state index >= 15 is 0 Å². The molecule has 1 saturated heterocycles. The zero-order valence-electron chi connectivity index (χ0n) is 12.4. The number of carboxylic acids is 1. The summed E-state index contributed by atoms with van der Waals surface area (Å²) >= 11 is 0. The van der Waals surface area contributed by atoms with Crippen LogP contribution < -0.4 is 4.72 Å². The molecule has 3 fully saturated rings. The van der Waals surface area contributed by atoms with E-state index in [4.69, 9.17) is 0 Å². The third-order valence-electron chi connectivity index (χ3n) is 5.54. The highest BCUT2D eigenvalue weighted by Gasteiger charge is 2.52. The number of hydrogen-bond acceptors (Lipinski definition) is 3. The molecular weight excluding hydrogens is 292 g/mol. The van der Waals surface area contributed by atoms with E-state index in [9.17, 15) is 18.3 Å². The summed E-state index contributed by atoms with van der Waals surface area (Å²) in [5.41, 5.74) is 0. The third kappa shape index (κ3) is 2.71. The van der Waals surface area contributed by atoms with Crippen molar-refractivity contribution in [1.29, 1.82) is 0 Å². The van der Waals surface area contributed by atoms with E-state index in [1.54, 1.807) is 0 Å². The molecule has 21 heavy (non-hydrogen) atoms. The fraction of sp³-hybridized carbons (Fsp3) is 0.929. The largest absolute Gasteiger partial charge is 0.481 e. The maximum Gasteiger partial charge on any atom is 0.308 e. The minimum atomic E-state index is -3.58. The Morgan fingerprint density at radius 3 is 2.57 bits per heavy atom. The van der Waals surface area contributed by atoms with Crippen molar-refractivity contribution >= 4 is 16.2 Å². The summed E-state index contributed by atoms with van der Waals surface area (Å²) < 4.78 is 29.5. The molecule has 2 bridgehead atoms. The van der Waals surface area contributed by atoms with Crippen molar-refractivity contribution in [2.45, 2.75) is 57.5 Å². The Labute approximate surface area is 126 Å². The molecule has 2 aliphatic carbocycles. The lowest BCUT2D eigenvalue weighted by molar-refractivity contribution is -0.144. The van der Waals surface area contributed by atoms with Crippen LogP contribution in [0.15, 0.2) is 0 Å². The maximum absolute atomic E-state index is 12.6. The van der Waals surface area contributed by atoms with E-state index in [0.29, 0.717) is 6.54 Å². The molecule has 2 saturated carbocycles. The van der Waals surface area contributed by atoms with Crippen LogP contribution in [-0.4, -0.2) is 42.4 Å². The van der Waals surface area contributed by atoms with Crippen molar-refractivity contribution in [3.05, 3.63) is 0 Å². The molecule has 1 heterocycles. The first kappa shape index (κ1) is 15.2. The van der Waals surface area contributed by atoms with Crippen LogP contribution in [0.5, 0.6) is 0 Å². The van der Waals surface area contributed by atoms with E-state index < -0.39 is 28.1 Å². The van der Waals surface area contributed by atoms with Crippen LogP contribution in [0.1, 0.15) is 45.4 Å². The number of aliphatic carboxylic acids is 1. The first-order valence-corrected chi connectivity index (χ1v) is 9.36. The second kappa shape index (κ2) is 5.52. The molecule has 6 nitrogen and oxygen atoms in total. The Hall–Kier alpha value is -0.660. The zero-order valence-corrected chi connectivity index (χ0v) is 13.2. The van der Waals surface area contributed by atoms with Crippen LogP contribution in [0.25, 0.3) is 0 Å². The molecule has 3 aliphatic rings. The first-order valence-electron chi connectivity index (χ1n) is 7.92. The number of piperidine rings is 1. The van der Waals surface area contributed by atoms with Gasteiger partial charge in [-0.15, -0.1) is 0 Å². The van der Waals surface area contributed by atoms with Gasteiger partial charge in [0, 0.05) is 18.6 Å². The monoisotopic (exact) mass is 316 g/mol. The Morgan fingerprint density at radius 2 is 1.90 bits per heavy atom. The molecule has 0 spiro atoms. The van der Waals surface area contributed by atoms with Crippen molar-refractivity contribution in [2.24, 2.45) is 17.8 Å². The SMILES string of the molecule is CC1CCCCN1S(=O)(=O)NC1C2CCC(C2)C1C(=O)O. The highest BCUT2D eigenvalue weighted by atomic mass is 32.2. The van der Waals surface area contributed by atoms with E-state index in [2.05, 4.69) is 4.72 Å². The van der Waals surface area contributed by atoms with E-state index in [1.165, 1.54) is 4.31 Å². The molecule has 0 aromatic rings. The second-order valence-electron chi connectivity index (χ2n) is 6.80. The molecule has 0 radical (unpaired) electrons. The first-order chi connectivity index (χ1) is 9.90. The second-order valence-corrected chi connectivity index (χ2v) is 8.46. The summed E-state index contributed by atoms with van der Waals surface area (Å²) in [4.78, 5) is 11.5. The summed E-state index contributed by atoms with van der Waals surface area (Å²) in [6.45, 7) is 2.46. The lowest BCUT2D eigenvalue weighted by atomic mass is 9.85. The highest BCUT2D eigenvalue weighted by Crippen LogP contribution is 2.48. The van der Waals surface area contributed by atoms with E-state index in [1.807, 2.05) is 6.92 Å². The molecule has 7 heteroatoms.